The number of anilines is 2. The third-order valence-electron chi connectivity index (χ3n) is 3.16. The molecule has 0 saturated carbocycles. The van der Waals surface area contributed by atoms with Gasteiger partial charge in [0.1, 0.15) is 0 Å². The van der Waals surface area contributed by atoms with Crippen molar-refractivity contribution in [3.05, 3.63) is 23.8 Å². The van der Waals surface area contributed by atoms with E-state index in [0.29, 0.717) is 23.9 Å². The van der Waals surface area contributed by atoms with Crippen LogP contribution in [-0.4, -0.2) is 32.2 Å². The van der Waals surface area contributed by atoms with Crippen molar-refractivity contribution in [2.45, 2.75) is 12.5 Å². The van der Waals surface area contributed by atoms with Gasteiger partial charge in [0.2, 0.25) is 0 Å². The van der Waals surface area contributed by atoms with E-state index < -0.39 is 5.91 Å². The highest BCUT2D eigenvalue weighted by Gasteiger charge is 2.21. The number of likely N-dealkylation sites (N-methyl/N-ethyl adjacent to an activating group) is 1. The summed E-state index contributed by atoms with van der Waals surface area (Å²) in [5, 5.41) is 0. The van der Waals surface area contributed by atoms with E-state index in [4.69, 9.17) is 16.2 Å². The minimum atomic E-state index is -0.500. The number of hydrogen-bond donors (Lipinski definition) is 2. The first-order valence-corrected chi connectivity index (χ1v) is 5.59. The molecular weight excluding hydrogens is 218 g/mol. The highest BCUT2D eigenvalue weighted by molar-refractivity contribution is 5.99. The predicted octanol–water partition coefficient (Wildman–Crippen LogP) is 0.593. The van der Waals surface area contributed by atoms with Crippen molar-refractivity contribution < 1.29 is 9.53 Å². The fourth-order valence-electron chi connectivity index (χ4n) is 2.02. The summed E-state index contributed by atoms with van der Waals surface area (Å²) in [5.74, 6) is -0.500. The van der Waals surface area contributed by atoms with E-state index in [1.165, 1.54) is 0 Å². The van der Waals surface area contributed by atoms with Gasteiger partial charge in [0.15, 0.2) is 0 Å². The smallest absolute Gasteiger partial charge is 0.250 e. The second-order valence-electron chi connectivity index (χ2n) is 4.26. The first kappa shape index (κ1) is 11.7. The largest absolute Gasteiger partial charge is 0.398 e. The van der Waals surface area contributed by atoms with Gasteiger partial charge in [-0.05, 0) is 24.6 Å². The number of carbonyl (C=O) groups is 1. The number of nitrogens with zero attached hydrogens (tertiary/aromatic N) is 1. The van der Waals surface area contributed by atoms with Crippen LogP contribution in [0.1, 0.15) is 16.8 Å². The number of carbonyl (C=O) groups excluding carboxylic acids is 1. The second kappa shape index (κ2) is 4.63. The van der Waals surface area contributed by atoms with Gasteiger partial charge in [-0.25, -0.2) is 0 Å². The molecule has 1 aliphatic rings. The van der Waals surface area contributed by atoms with Gasteiger partial charge in [0.05, 0.1) is 18.2 Å². The number of primary amides is 1. The molecule has 1 saturated heterocycles. The molecule has 1 aromatic rings. The van der Waals surface area contributed by atoms with Crippen LogP contribution in [0.4, 0.5) is 11.4 Å². The average Bonchev–Trinajstić information content (AvgIpc) is 2.81. The molecule has 92 valence electrons. The van der Waals surface area contributed by atoms with Crippen molar-refractivity contribution in [2.24, 2.45) is 5.73 Å². The summed E-state index contributed by atoms with van der Waals surface area (Å²) < 4.78 is 5.34. The van der Waals surface area contributed by atoms with E-state index >= 15 is 0 Å². The topological polar surface area (TPSA) is 81.6 Å². The maximum absolute atomic E-state index is 11.2. The molecule has 0 aromatic heterocycles. The zero-order valence-corrected chi connectivity index (χ0v) is 9.85. The van der Waals surface area contributed by atoms with Crippen molar-refractivity contribution in [2.75, 3.05) is 30.9 Å². The Labute approximate surface area is 100 Å². The van der Waals surface area contributed by atoms with E-state index in [2.05, 4.69) is 4.90 Å². The molecule has 4 N–H and O–H groups in total. The zero-order valence-electron chi connectivity index (χ0n) is 9.85. The fraction of sp³-hybridized carbons (Fsp3) is 0.417. The first-order valence-electron chi connectivity index (χ1n) is 5.59. The normalized spacial score (nSPS) is 19.2. The standard InChI is InChI=1S/C12H17N3O2/c1-15(9-4-5-17-7-9)8-2-3-11(13)10(6-8)12(14)16/h2-3,6,9H,4-5,7,13H2,1H3,(H2,14,16). The van der Waals surface area contributed by atoms with E-state index in [9.17, 15) is 4.79 Å². The van der Waals surface area contributed by atoms with Crippen LogP contribution in [0, 0.1) is 0 Å². The summed E-state index contributed by atoms with van der Waals surface area (Å²) in [6.07, 6.45) is 0.993. The van der Waals surface area contributed by atoms with Crippen LogP contribution in [0.3, 0.4) is 0 Å². The molecule has 17 heavy (non-hydrogen) atoms. The van der Waals surface area contributed by atoms with E-state index in [1.807, 2.05) is 13.1 Å². The maximum atomic E-state index is 11.2. The molecule has 1 aromatic carbocycles. The van der Waals surface area contributed by atoms with E-state index in [0.717, 1.165) is 18.7 Å². The van der Waals surface area contributed by atoms with E-state index in [1.54, 1.807) is 12.1 Å². The molecule has 0 spiro atoms. The van der Waals surface area contributed by atoms with Crippen molar-refractivity contribution in [3.63, 3.8) is 0 Å². The molecular formula is C12H17N3O2. The summed E-state index contributed by atoms with van der Waals surface area (Å²) in [5.41, 5.74) is 12.7. The van der Waals surface area contributed by atoms with Crippen LogP contribution in [0.5, 0.6) is 0 Å². The summed E-state index contributed by atoms with van der Waals surface area (Å²) in [6, 6.07) is 5.68. The molecule has 1 fully saturated rings. The number of nitrogens with two attached hydrogens (primary N) is 2. The van der Waals surface area contributed by atoms with Gasteiger partial charge < -0.3 is 21.1 Å². The lowest BCUT2D eigenvalue weighted by Gasteiger charge is -2.26. The number of rotatable bonds is 3. The number of amides is 1. The summed E-state index contributed by atoms with van der Waals surface area (Å²) in [6.45, 7) is 1.50. The first-order chi connectivity index (χ1) is 8.09. The Morgan fingerprint density at radius 3 is 2.88 bits per heavy atom. The fourth-order valence-corrected chi connectivity index (χ4v) is 2.02. The monoisotopic (exact) mass is 235 g/mol. The van der Waals surface area contributed by atoms with Crippen molar-refractivity contribution >= 4 is 17.3 Å². The van der Waals surface area contributed by atoms with Crippen LogP contribution in [0.2, 0.25) is 0 Å². The highest BCUT2D eigenvalue weighted by atomic mass is 16.5. The van der Waals surface area contributed by atoms with Gasteiger partial charge >= 0.3 is 0 Å². The van der Waals surface area contributed by atoms with Gasteiger partial charge in [-0.1, -0.05) is 0 Å². The molecule has 1 heterocycles. The van der Waals surface area contributed by atoms with Crippen LogP contribution in [0.25, 0.3) is 0 Å². The summed E-state index contributed by atoms with van der Waals surface area (Å²) >= 11 is 0. The third kappa shape index (κ3) is 2.34. The highest BCUT2D eigenvalue weighted by Crippen LogP contribution is 2.24. The molecule has 1 aliphatic heterocycles. The van der Waals surface area contributed by atoms with Crippen LogP contribution in [0.15, 0.2) is 18.2 Å². The quantitative estimate of drug-likeness (QED) is 0.751. The number of benzene rings is 1. The lowest BCUT2D eigenvalue weighted by atomic mass is 10.1. The van der Waals surface area contributed by atoms with Crippen molar-refractivity contribution in [1.82, 2.24) is 0 Å². The lowest BCUT2D eigenvalue weighted by Crippen LogP contribution is -2.32. The van der Waals surface area contributed by atoms with Gasteiger partial charge in [0, 0.05) is 25.0 Å². The molecule has 0 aliphatic carbocycles. The Bertz CT molecular complexity index is 428. The van der Waals surface area contributed by atoms with Gasteiger partial charge in [0.25, 0.3) is 5.91 Å². The number of hydrogen-bond acceptors (Lipinski definition) is 4. The minimum absolute atomic E-state index is 0.347. The number of ether oxygens (including phenoxy) is 1. The maximum Gasteiger partial charge on any atom is 0.250 e. The van der Waals surface area contributed by atoms with Gasteiger partial charge in [-0.3, -0.25) is 4.79 Å². The lowest BCUT2D eigenvalue weighted by molar-refractivity contribution is 0.100. The molecule has 1 unspecified atom stereocenters. The molecule has 1 amide bonds. The van der Waals surface area contributed by atoms with Crippen LogP contribution >= 0.6 is 0 Å². The third-order valence-corrected chi connectivity index (χ3v) is 3.16. The van der Waals surface area contributed by atoms with Crippen LogP contribution in [-0.2, 0) is 4.74 Å². The summed E-state index contributed by atoms with van der Waals surface area (Å²) in [4.78, 5) is 13.3. The Hall–Kier alpha value is -1.75. The van der Waals surface area contributed by atoms with Crippen molar-refractivity contribution in [3.8, 4) is 0 Å². The Kier molecular flexibility index (Phi) is 3.19. The van der Waals surface area contributed by atoms with E-state index in [-0.39, 0.29) is 0 Å². The summed E-state index contributed by atoms with van der Waals surface area (Å²) in [7, 11) is 1.98. The Morgan fingerprint density at radius 2 is 2.29 bits per heavy atom. The second-order valence-corrected chi connectivity index (χ2v) is 4.26. The molecule has 1 atom stereocenters. The average molecular weight is 235 g/mol. The van der Waals surface area contributed by atoms with Crippen molar-refractivity contribution in [1.29, 1.82) is 0 Å². The SMILES string of the molecule is CN(c1ccc(N)c(C(N)=O)c1)C1CCOC1. The Balaban J connectivity index is 2.26. The van der Waals surface area contributed by atoms with Crippen LogP contribution < -0.4 is 16.4 Å². The predicted molar refractivity (Wildman–Crippen MR) is 67.0 cm³/mol. The molecule has 5 heteroatoms. The van der Waals surface area contributed by atoms with Gasteiger partial charge in [-0.15, -0.1) is 0 Å². The zero-order chi connectivity index (χ0) is 12.4. The van der Waals surface area contributed by atoms with Gasteiger partial charge in [-0.2, -0.15) is 0 Å². The molecule has 5 nitrogen and oxygen atoms in total. The number of nitrogen functional groups attached to an aromatic ring is 1. The molecule has 0 radical (unpaired) electrons. The Morgan fingerprint density at radius 1 is 1.53 bits per heavy atom. The molecule has 0 bridgehead atoms. The molecule has 2 rings (SSSR count). The minimum Gasteiger partial charge on any atom is -0.398 e.